The van der Waals surface area contributed by atoms with Crippen molar-refractivity contribution in [2.75, 3.05) is 6.61 Å². The van der Waals surface area contributed by atoms with Crippen molar-refractivity contribution in [1.82, 2.24) is 4.57 Å². The average molecular weight is 335 g/mol. The highest BCUT2D eigenvalue weighted by Crippen LogP contribution is 2.26. The number of non-ortho nitro benzene ring substituents is 1. The fourth-order valence-electron chi connectivity index (χ4n) is 2.57. The Balaban J connectivity index is 1.85. The van der Waals surface area contributed by atoms with Crippen LogP contribution in [-0.4, -0.2) is 21.9 Å². The van der Waals surface area contributed by atoms with Crippen molar-refractivity contribution in [3.05, 3.63) is 69.9 Å². The van der Waals surface area contributed by atoms with E-state index in [1.807, 2.05) is 6.07 Å². The SMILES string of the molecule is Cn1cc(C(=O)COc2ccc(C#N)cc2)c2cc([N+](=O)[O-])ccc21. The lowest BCUT2D eigenvalue weighted by Crippen LogP contribution is -2.11. The van der Waals surface area contributed by atoms with E-state index in [1.165, 1.54) is 12.1 Å². The zero-order valence-corrected chi connectivity index (χ0v) is 13.3. The largest absolute Gasteiger partial charge is 0.485 e. The Hall–Kier alpha value is -3.66. The number of nitrogens with zero attached hydrogens (tertiary/aromatic N) is 3. The van der Waals surface area contributed by atoms with Crippen LogP contribution in [0.2, 0.25) is 0 Å². The van der Waals surface area contributed by atoms with E-state index in [0.29, 0.717) is 22.3 Å². The van der Waals surface area contributed by atoms with Crippen LogP contribution in [0, 0.1) is 21.4 Å². The highest BCUT2D eigenvalue weighted by atomic mass is 16.6. The Morgan fingerprint density at radius 3 is 2.64 bits per heavy atom. The van der Waals surface area contributed by atoms with Gasteiger partial charge in [0.15, 0.2) is 6.61 Å². The third-order valence-corrected chi connectivity index (χ3v) is 3.84. The molecule has 0 amide bonds. The van der Waals surface area contributed by atoms with Gasteiger partial charge in [0.1, 0.15) is 5.75 Å². The third-order valence-electron chi connectivity index (χ3n) is 3.84. The number of fused-ring (bicyclic) bond motifs is 1. The fraction of sp³-hybridized carbons (Fsp3) is 0.111. The number of ether oxygens (including phenoxy) is 1. The maximum atomic E-state index is 12.5. The van der Waals surface area contributed by atoms with E-state index in [1.54, 1.807) is 48.1 Å². The second kappa shape index (κ2) is 6.45. The first-order chi connectivity index (χ1) is 12.0. The fourth-order valence-corrected chi connectivity index (χ4v) is 2.57. The number of rotatable bonds is 5. The molecule has 0 saturated carbocycles. The molecule has 3 rings (SSSR count). The Bertz CT molecular complexity index is 1010. The first-order valence-corrected chi connectivity index (χ1v) is 7.39. The van der Waals surface area contributed by atoms with Gasteiger partial charge in [0.05, 0.1) is 16.6 Å². The Labute approximate surface area is 142 Å². The van der Waals surface area contributed by atoms with Crippen molar-refractivity contribution in [3.8, 4) is 11.8 Å². The van der Waals surface area contributed by atoms with Gasteiger partial charge in [-0.15, -0.1) is 0 Å². The molecule has 7 heteroatoms. The number of hydrogen-bond donors (Lipinski definition) is 0. The Kier molecular flexibility index (Phi) is 4.18. The summed E-state index contributed by atoms with van der Waals surface area (Å²) in [6, 6.07) is 12.8. The van der Waals surface area contributed by atoms with Crippen LogP contribution in [0.25, 0.3) is 10.9 Å². The maximum Gasteiger partial charge on any atom is 0.270 e. The van der Waals surface area contributed by atoms with Crippen LogP contribution in [0.1, 0.15) is 15.9 Å². The average Bonchev–Trinajstić information content (AvgIpc) is 2.96. The summed E-state index contributed by atoms with van der Waals surface area (Å²) in [5.74, 6) is 0.189. The van der Waals surface area contributed by atoms with Crippen molar-refractivity contribution < 1.29 is 14.5 Å². The number of ketones is 1. The lowest BCUT2D eigenvalue weighted by Gasteiger charge is -2.05. The number of nitriles is 1. The summed E-state index contributed by atoms with van der Waals surface area (Å²) < 4.78 is 7.20. The summed E-state index contributed by atoms with van der Waals surface area (Å²) in [6.07, 6.45) is 1.64. The molecule has 0 fully saturated rings. The predicted molar refractivity (Wildman–Crippen MR) is 90.6 cm³/mol. The van der Waals surface area contributed by atoms with E-state index in [4.69, 9.17) is 10.00 Å². The van der Waals surface area contributed by atoms with Crippen LogP contribution in [0.4, 0.5) is 5.69 Å². The molecule has 0 unspecified atom stereocenters. The smallest absolute Gasteiger partial charge is 0.270 e. The highest BCUT2D eigenvalue weighted by molar-refractivity contribution is 6.09. The number of aryl methyl sites for hydroxylation is 1. The van der Waals surface area contributed by atoms with Crippen molar-refractivity contribution in [2.45, 2.75) is 0 Å². The lowest BCUT2D eigenvalue weighted by molar-refractivity contribution is -0.384. The molecule has 1 heterocycles. The van der Waals surface area contributed by atoms with Gasteiger partial charge in [-0.2, -0.15) is 5.26 Å². The quantitative estimate of drug-likeness (QED) is 0.405. The molecule has 0 atom stereocenters. The zero-order chi connectivity index (χ0) is 18.0. The van der Waals surface area contributed by atoms with Crippen LogP contribution in [0.3, 0.4) is 0 Å². The molecule has 1 aromatic heterocycles. The number of aromatic nitrogens is 1. The van der Waals surface area contributed by atoms with Gasteiger partial charge < -0.3 is 9.30 Å². The molecule has 0 aliphatic heterocycles. The number of carbonyl (C=O) groups is 1. The normalized spacial score (nSPS) is 10.4. The minimum atomic E-state index is -0.492. The van der Waals surface area contributed by atoms with Crippen LogP contribution in [0.15, 0.2) is 48.7 Å². The molecule has 0 N–H and O–H groups in total. The number of hydrogen-bond acceptors (Lipinski definition) is 5. The number of nitro groups is 1. The molecule has 0 saturated heterocycles. The lowest BCUT2D eigenvalue weighted by atomic mass is 10.1. The number of Topliss-reactive ketones (excluding diaryl/α,β-unsaturated/α-hetero) is 1. The summed E-state index contributed by atoms with van der Waals surface area (Å²) in [5.41, 5.74) is 1.53. The Morgan fingerprint density at radius 1 is 1.28 bits per heavy atom. The van der Waals surface area contributed by atoms with Gasteiger partial charge in [0.25, 0.3) is 5.69 Å². The first kappa shape index (κ1) is 16.2. The van der Waals surface area contributed by atoms with Gasteiger partial charge >= 0.3 is 0 Å². The number of nitro benzene ring substituents is 1. The molecule has 0 aliphatic carbocycles. The second-order valence-corrected chi connectivity index (χ2v) is 5.46. The maximum absolute atomic E-state index is 12.5. The van der Waals surface area contributed by atoms with Gasteiger partial charge in [-0.1, -0.05) is 0 Å². The molecule has 0 bridgehead atoms. The van der Waals surface area contributed by atoms with Crippen LogP contribution < -0.4 is 4.74 Å². The van der Waals surface area contributed by atoms with Gasteiger partial charge in [-0.05, 0) is 30.3 Å². The second-order valence-electron chi connectivity index (χ2n) is 5.46. The molecule has 2 aromatic carbocycles. The summed E-state index contributed by atoms with van der Waals surface area (Å²) in [5, 5.41) is 20.2. The predicted octanol–water partition coefficient (Wildman–Crippen LogP) is 3.22. The van der Waals surface area contributed by atoms with E-state index < -0.39 is 4.92 Å². The summed E-state index contributed by atoms with van der Waals surface area (Å²) in [4.78, 5) is 23.0. The molecule has 25 heavy (non-hydrogen) atoms. The molecular weight excluding hydrogens is 322 g/mol. The topological polar surface area (TPSA) is 98.2 Å². The molecule has 0 aliphatic rings. The van der Waals surface area contributed by atoms with Crippen LogP contribution in [0.5, 0.6) is 5.75 Å². The van der Waals surface area contributed by atoms with Gasteiger partial charge in [-0.25, -0.2) is 0 Å². The summed E-state index contributed by atoms with van der Waals surface area (Å²) in [6.45, 7) is -0.201. The minimum absolute atomic E-state index is 0.0687. The monoisotopic (exact) mass is 335 g/mol. The highest BCUT2D eigenvalue weighted by Gasteiger charge is 2.17. The van der Waals surface area contributed by atoms with Crippen molar-refractivity contribution in [3.63, 3.8) is 0 Å². The van der Waals surface area contributed by atoms with Crippen molar-refractivity contribution >= 4 is 22.4 Å². The van der Waals surface area contributed by atoms with E-state index in [2.05, 4.69) is 0 Å². The molecule has 7 nitrogen and oxygen atoms in total. The van der Waals surface area contributed by atoms with Crippen molar-refractivity contribution in [1.29, 1.82) is 5.26 Å². The summed E-state index contributed by atoms with van der Waals surface area (Å²) >= 11 is 0. The van der Waals surface area contributed by atoms with Gasteiger partial charge in [-0.3, -0.25) is 14.9 Å². The third kappa shape index (κ3) is 3.19. The van der Waals surface area contributed by atoms with Gasteiger partial charge in [0, 0.05) is 41.8 Å². The van der Waals surface area contributed by atoms with E-state index in [0.717, 1.165) is 5.52 Å². The summed E-state index contributed by atoms with van der Waals surface area (Å²) in [7, 11) is 1.77. The molecule has 0 spiro atoms. The molecule has 124 valence electrons. The molecular formula is C18H13N3O4. The Morgan fingerprint density at radius 2 is 2.00 bits per heavy atom. The number of benzene rings is 2. The van der Waals surface area contributed by atoms with Crippen LogP contribution >= 0.6 is 0 Å². The number of carbonyl (C=O) groups excluding carboxylic acids is 1. The van der Waals surface area contributed by atoms with Crippen LogP contribution in [-0.2, 0) is 7.05 Å². The molecule has 3 aromatic rings. The van der Waals surface area contributed by atoms with E-state index >= 15 is 0 Å². The van der Waals surface area contributed by atoms with Crippen molar-refractivity contribution in [2.24, 2.45) is 7.05 Å². The van der Waals surface area contributed by atoms with E-state index in [-0.39, 0.29) is 18.1 Å². The molecule has 0 radical (unpaired) electrons. The minimum Gasteiger partial charge on any atom is -0.485 e. The van der Waals surface area contributed by atoms with E-state index in [9.17, 15) is 14.9 Å². The first-order valence-electron chi connectivity index (χ1n) is 7.39. The standard InChI is InChI=1S/C18H13N3O4/c1-20-10-16(15-8-13(21(23)24)4-7-17(15)20)18(22)11-25-14-5-2-12(9-19)3-6-14/h2-8,10H,11H2,1H3. The van der Waals surface area contributed by atoms with Gasteiger partial charge in [0.2, 0.25) is 5.78 Å². The zero-order valence-electron chi connectivity index (χ0n) is 13.3.